The Bertz CT molecular complexity index is 597. The molecule has 0 fully saturated rings. The fraction of sp³-hybridized carbons (Fsp3) is 0.636. The van der Waals surface area contributed by atoms with Gasteiger partial charge in [-0.25, -0.2) is 13.1 Å². The van der Waals surface area contributed by atoms with Gasteiger partial charge in [0.1, 0.15) is 4.21 Å². The second-order valence-corrected chi connectivity index (χ2v) is 7.89. The normalized spacial score (nSPS) is 13.4. The van der Waals surface area contributed by atoms with Gasteiger partial charge in [-0.15, -0.1) is 0 Å². The molecule has 0 radical (unpaired) electrons. The molecule has 120 valence electrons. The lowest BCUT2D eigenvalue weighted by molar-refractivity contribution is -0.383. The molecule has 1 aromatic rings. The highest BCUT2D eigenvalue weighted by Gasteiger charge is 2.26. The first-order valence-electron chi connectivity index (χ1n) is 6.30. The molecule has 0 saturated carbocycles. The van der Waals surface area contributed by atoms with Gasteiger partial charge in [-0.3, -0.25) is 10.1 Å². The SMILES string of the molecule is CNc1sc(S(=O)(=O)NC(C)CCN(C)C)cc1[N+](=O)[O-]. The largest absolute Gasteiger partial charge is 0.374 e. The van der Waals surface area contributed by atoms with Crippen LogP contribution in [0.25, 0.3) is 0 Å². The van der Waals surface area contributed by atoms with E-state index in [1.54, 1.807) is 6.92 Å². The Morgan fingerprint density at radius 2 is 2.10 bits per heavy atom. The van der Waals surface area contributed by atoms with Crippen LogP contribution in [0.3, 0.4) is 0 Å². The topological polar surface area (TPSA) is 105 Å². The minimum Gasteiger partial charge on any atom is -0.374 e. The van der Waals surface area contributed by atoms with Crippen molar-refractivity contribution in [2.45, 2.75) is 23.6 Å². The van der Waals surface area contributed by atoms with Crippen molar-refractivity contribution >= 4 is 32.0 Å². The standard InChI is InChI=1S/C11H20N4O4S2/c1-8(5-6-14(3)4)13-21(18,19)10-7-9(15(16)17)11(12-2)20-10/h7-8,12-13H,5-6H2,1-4H3. The van der Waals surface area contributed by atoms with Gasteiger partial charge in [-0.05, 0) is 34.0 Å². The smallest absolute Gasteiger partial charge is 0.304 e. The van der Waals surface area contributed by atoms with E-state index in [9.17, 15) is 18.5 Å². The van der Waals surface area contributed by atoms with Crippen LogP contribution in [-0.2, 0) is 10.0 Å². The van der Waals surface area contributed by atoms with Gasteiger partial charge in [0.25, 0.3) is 10.0 Å². The average molecular weight is 336 g/mol. The van der Waals surface area contributed by atoms with Crippen molar-refractivity contribution in [3.05, 3.63) is 16.2 Å². The molecule has 8 nitrogen and oxygen atoms in total. The van der Waals surface area contributed by atoms with Gasteiger partial charge in [-0.2, -0.15) is 0 Å². The molecule has 0 aliphatic carbocycles. The van der Waals surface area contributed by atoms with E-state index in [2.05, 4.69) is 10.0 Å². The third-order valence-electron chi connectivity index (χ3n) is 2.74. The van der Waals surface area contributed by atoms with Gasteiger partial charge in [0.05, 0.1) is 4.92 Å². The number of sulfonamides is 1. The highest BCUT2D eigenvalue weighted by Crippen LogP contribution is 2.36. The van der Waals surface area contributed by atoms with Crippen molar-refractivity contribution in [2.75, 3.05) is 33.0 Å². The number of nitrogens with zero attached hydrogens (tertiary/aromatic N) is 2. The first-order chi connectivity index (χ1) is 9.67. The van der Waals surface area contributed by atoms with Crippen LogP contribution in [0, 0.1) is 10.1 Å². The van der Waals surface area contributed by atoms with Crippen molar-refractivity contribution in [1.29, 1.82) is 0 Å². The Balaban J connectivity index is 2.90. The molecule has 0 aliphatic rings. The summed E-state index contributed by atoms with van der Waals surface area (Å²) in [5.74, 6) is 0. The molecule has 0 saturated heterocycles. The Hall–Kier alpha value is -1.23. The molecule has 0 aliphatic heterocycles. The number of thiophene rings is 1. The summed E-state index contributed by atoms with van der Waals surface area (Å²) in [6.45, 7) is 2.51. The van der Waals surface area contributed by atoms with Gasteiger partial charge in [0.15, 0.2) is 5.00 Å². The molecule has 1 unspecified atom stereocenters. The van der Waals surface area contributed by atoms with Crippen LogP contribution in [0.4, 0.5) is 10.7 Å². The first-order valence-corrected chi connectivity index (χ1v) is 8.60. The number of hydrogen-bond donors (Lipinski definition) is 2. The monoisotopic (exact) mass is 336 g/mol. The lowest BCUT2D eigenvalue weighted by atomic mass is 10.2. The van der Waals surface area contributed by atoms with Crippen LogP contribution in [0.2, 0.25) is 0 Å². The van der Waals surface area contributed by atoms with Crippen LogP contribution < -0.4 is 10.0 Å². The molecule has 0 bridgehead atoms. The molecule has 0 spiro atoms. The number of nitrogens with one attached hydrogen (secondary N) is 2. The van der Waals surface area contributed by atoms with E-state index in [-0.39, 0.29) is 20.9 Å². The van der Waals surface area contributed by atoms with Crippen molar-refractivity contribution in [1.82, 2.24) is 9.62 Å². The van der Waals surface area contributed by atoms with E-state index in [0.29, 0.717) is 6.42 Å². The number of nitro groups is 1. The molecule has 2 N–H and O–H groups in total. The van der Waals surface area contributed by atoms with E-state index >= 15 is 0 Å². The summed E-state index contributed by atoms with van der Waals surface area (Å²) in [7, 11) is 1.58. The fourth-order valence-corrected chi connectivity index (χ4v) is 4.22. The minimum atomic E-state index is -3.75. The van der Waals surface area contributed by atoms with Crippen molar-refractivity contribution in [3.8, 4) is 0 Å². The molecule has 1 rings (SSSR count). The van der Waals surface area contributed by atoms with Gasteiger partial charge in [0, 0.05) is 19.2 Å². The molecule has 10 heteroatoms. The first kappa shape index (κ1) is 17.8. The second kappa shape index (κ2) is 7.16. The zero-order valence-corrected chi connectivity index (χ0v) is 14.0. The maximum atomic E-state index is 12.2. The van der Waals surface area contributed by atoms with Gasteiger partial charge < -0.3 is 10.2 Å². The van der Waals surface area contributed by atoms with Crippen LogP contribution >= 0.6 is 11.3 Å². The molecule has 1 heterocycles. The van der Waals surface area contributed by atoms with Gasteiger partial charge >= 0.3 is 5.69 Å². The predicted octanol–water partition coefficient (Wildman–Crippen LogP) is 1.32. The lowest BCUT2D eigenvalue weighted by Crippen LogP contribution is -2.34. The van der Waals surface area contributed by atoms with Gasteiger partial charge in [-0.1, -0.05) is 11.3 Å². The molecular formula is C11H20N4O4S2. The molecule has 0 aromatic carbocycles. The molecular weight excluding hydrogens is 316 g/mol. The zero-order valence-electron chi connectivity index (χ0n) is 12.4. The third-order valence-corrected chi connectivity index (χ3v) is 5.95. The Kier molecular flexibility index (Phi) is 6.08. The maximum absolute atomic E-state index is 12.2. The Labute approximate surface area is 128 Å². The van der Waals surface area contributed by atoms with Crippen LogP contribution in [-0.4, -0.2) is 52.0 Å². The minimum absolute atomic E-state index is 0.0600. The summed E-state index contributed by atoms with van der Waals surface area (Å²) in [6, 6.07) is 0.828. The van der Waals surface area contributed by atoms with Crippen molar-refractivity contribution in [3.63, 3.8) is 0 Å². The van der Waals surface area contributed by atoms with Gasteiger partial charge in [0.2, 0.25) is 0 Å². The molecule has 0 amide bonds. The fourth-order valence-electron chi connectivity index (χ4n) is 1.64. The number of rotatable bonds is 8. The zero-order chi connectivity index (χ0) is 16.2. The summed E-state index contributed by atoms with van der Waals surface area (Å²) in [6.07, 6.45) is 0.651. The highest BCUT2D eigenvalue weighted by atomic mass is 32.2. The summed E-state index contributed by atoms with van der Waals surface area (Å²) in [5, 5.41) is 13.7. The van der Waals surface area contributed by atoms with Crippen LogP contribution in [0.1, 0.15) is 13.3 Å². The Morgan fingerprint density at radius 3 is 2.52 bits per heavy atom. The second-order valence-electron chi connectivity index (χ2n) is 4.90. The van der Waals surface area contributed by atoms with Crippen LogP contribution in [0.15, 0.2) is 10.3 Å². The van der Waals surface area contributed by atoms with E-state index in [1.165, 1.54) is 7.05 Å². The Morgan fingerprint density at radius 1 is 1.48 bits per heavy atom. The summed E-state index contributed by atoms with van der Waals surface area (Å²) in [4.78, 5) is 12.2. The van der Waals surface area contributed by atoms with Crippen molar-refractivity contribution < 1.29 is 13.3 Å². The quantitative estimate of drug-likeness (QED) is 0.548. The predicted molar refractivity (Wildman–Crippen MR) is 83.5 cm³/mol. The highest BCUT2D eigenvalue weighted by molar-refractivity contribution is 7.91. The van der Waals surface area contributed by atoms with E-state index in [1.807, 2.05) is 19.0 Å². The number of anilines is 1. The van der Waals surface area contributed by atoms with Crippen LogP contribution in [0.5, 0.6) is 0 Å². The summed E-state index contributed by atoms with van der Waals surface area (Å²) in [5.41, 5.74) is -0.233. The maximum Gasteiger partial charge on any atom is 0.304 e. The van der Waals surface area contributed by atoms with E-state index in [4.69, 9.17) is 0 Å². The van der Waals surface area contributed by atoms with E-state index in [0.717, 1.165) is 23.9 Å². The molecule has 1 atom stereocenters. The molecule has 21 heavy (non-hydrogen) atoms. The third kappa shape index (κ3) is 4.92. The number of hydrogen-bond acceptors (Lipinski definition) is 7. The average Bonchev–Trinajstić information content (AvgIpc) is 2.80. The molecule has 1 aromatic heterocycles. The summed E-state index contributed by atoms with van der Waals surface area (Å²) < 4.78 is 26.9. The summed E-state index contributed by atoms with van der Waals surface area (Å²) >= 11 is 0.847. The lowest BCUT2D eigenvalue weighted by Gasteiger charge is -2.16. The van der Waals surface area contributed by atoms with E-state index < -0.39 is 14.9 Å². The van der Waals surface area contributed by atoms with Crippen molar-refractivity contribution in [2.24, 2.45) is 0 Å².